The Bertz CT molecular complexity index is 2660. The molecule has 356 valence electrons. The van der Waals surface area contributed by atoms with Crippen LogP contribution in [0.1, 0.15) is 122 Å². The third-order valence-electron chi connectivity index (χ3n) is 10.9. The molecular weight excluding hydrogens is 865 g/mol. The number of aryl methyl sites for hydroxylation is 2. The molecule has 0 radical (unpaired) electrons. The number of benzene rings is 4. The lowest BCUT2D eigenvalue weighted by atomic mass is 10.0. The maximum absolute atomic E-state index is 11.9. The van der Waals surface area contributed by atoms with E-state index in [-0.39, 0.29) is 30.4 Å². The van der Waals surface area contributed by atoms with Gasteiger partial charge in [0, 0.05) is 16.7 Å². The van der Waals surface area contributed by atoms with Gasteiger partial charge in [0.25, 0.3) is 0 Å². The molecule has 0 bridgehead atoms. The van der Waals surface area contributed by atoms with Crippen LogP contribution < -0.4 is 23.7 Å². The van der Waals surface area contributed by atoms with Crippen LogP contribution in [0.25, 0.3) is 22.5 Å². The van der Waals surface area contributed by atoms with E-state index in [9.17, 15) is 19.2 Å². The molecular formula is C55H60N2O11. The first-order valence-electron chi connectivity index (χ1n) is 22.7. The monoisotopic (exact) mass is 924 g/mol. The summed E-state index contributed by atoms with van der Waals surface area (Å²) in [6, 6.07) is 35.3. The molecule has 0 aliphatic heterocycles. The molecule has 2 N–H and O–H groups in total. The van der Waals surface area contributed by atoms with Gasteiger partial charge in [0.2, 0.25) is 0 Å². The van der Waals surface area contributed by atoms with E-state index in [1.54, 1.807) is 44.4 Å². The molecule has 6 aromatic rings. The number of carbonyl (C=O) groups excluding carboxylic acids is 2. The second-order valence-corrected chi connectivity index (χ2v) is 16.2. The third kappa shape index (κ3) is 15.0. The molecule has 0 aliphatic carbocycles. The van der Waals surface area contributed by atoms with Crippen LogP contribution in [-0.4, -0.2) is 64.0 Å². The van der Waals surface area contributed by atoms with Gasteiger partial charge in [0.1, 0.15) is 41.0 Å². The number of aromatic nitrogens is 2. The van der Waals surface area contributed by atoms with Gasteiger partial charge in [-0.15, -0.1) is 0 Å². The van der Waals surface area contributed by atoms with Crippen molar-refractivity contribution in [1.29, 1.82) is 0 Å². The zero-order valence-electron chi connectivity index (χ0n) is 39.7. The summed E-state index contributed by atoms with van der Waals surface area (Å²) in [6.07, 6.45) is 5.11. The fourth-order valence-corrected chi connectivity index (χ4v) is 7.24. The lowest BCUT2D eigenvalue weighted by Crippen LogP contribution is -2.11. The van der Waals surface area contributed by atoms with E-state index in [2.05, 4.69) is 13.8 Å². The van der Waals surface area contributed by atoms with Crippen molar-refractivity contribution < 1.29 is 53.1 Å². The van der Waals surface area contributed by atoms with Crippen LogP contribution in [0.4, 0.5) is 0 Å². The molecule has 2 aromatic heterocycles. The summed E-state index contributed by atoms with van der Waals surface area (Å²) in [5.41, 5.74) is 7.79. The summed E-state index contributed by atoms with van der Waals surface area (Å²) < 4.78 is 28.7. The van der Waals surface area contributed by atoms with Crippen LogP contribution in [-0.2, 0) is 9.59 Å². The van der Waals surface area contributed by atoms with Gasteiger partial charge in [0.15, 0.2) is 24.8 Å². The van der Waals surface area contributed by atoms with Gasteiger partial charge in [-0.25, -0.2) is 19.6 Å². The Hall–Kier alpha value is -7.54. The van der Waals surface area contributed by atoms with Crippen LogP contribution in [0.15, 0.2) is 115 Å². The first-order valence-corrected chi connectivity index (χ1v) is 22.7. The number of nitrogens with zero attached hydrogens (tertiary/aromatic N) is 2. The zero-order valence-corrected chi connectivity index (χ0v) is 39.7. The molecule has 2 atom stereocenters. The highest BCUT2D eigenvalue weighted by atomic mass is 16.5. The Labute approximate surface area is 398 Å². The number of pyridine rings is 2. The van der Waals surface area contributed by atoms with Crippen LogP contribution in [0.2, 0.25) is 0 Å². The first-order chi connectivity index (χ1) is 32.7. The van der Waals surface area contributed by atoms with Gasteiger partial charge < -0.3 is 33.9 Å². The quantitative estimate of drug-likeness (QED) is 0.0580. The van der Waals surface area contributed by atoms with E-state index in [0.29, 0.717) is 39.9 Å². The average Bonchev–Trinajstić information content (AvgIpc) is 3.33. The second-order valence-electron chi connectivity index (χ2n) is 16.2. The standard InChI is InChI=1S/C28H31NO6.C27H29NO5/c1-5-6-10-26(35-21-12-14-25(18(2)15-21)34-17-28(31)32)24-9-7-8-23(29-24)20-11-13-22(19(3)30)27(16-20)33-4;1-4-5-9-26(33-22-14-15-25(18(2)16-22)32-17-27(30)31)24-8-6-7-23(28-24)21-12-10-20(11-13-21)19(3)29/h7-9,11-16,26H,5-6,10,17H2,1-4H3,(H,31,32);6-8,10-16,26H,4-5,9,17H2,1-3H3,(H,30,31)/t2*26-/m11/s1. The van der Waals surface area contributed by atoms with Gasteiger partial charge in [-0.05, 0) is 137 Å². The molecule has 0 amide bonds. The Morgan fingerprint density at radius 1 is 0.559 bits per heavy atom. The molecule has 6 rings (SSSR count). The molecule has 0 unspecified atom stereocenters. The first kappa shape index (κ1) is 51.4. The van der Waals surface area contributed by atoms with Gasteiger partial charge in [-0.2, -0.15) is 0 Å². The maximum atomic E-state index is 11.9. The number of carboxylic acids is 2. The summed E-state index contributed by atoms with van der Waals surface area (Å²) in [6.45, 7) is 10.3. The number of carbonyl (C=O) groups is 4. The Morgan fingerprint density at radius 3 is 1.44 bits per heavy atom. The molecule has 13 nitrogen and oxygen atoms in total. The van der Waals surface area contributed by atoms with E-state index in [1.165, 1.54) is 6.92 Å². The number of ether oxygens (including phenoxy) is 5. The highest BCUT2D eigenvalue weighted by Gasteiger charge is 2.19. The van der Waals surface area contributed by atoms with E-state index < -0.39 is 18.5 Å². The fraction of sp³-hybridized carbons (Fsp3) is 0.309. The predicted octanol–water partition coefficient (Wildman–Crippen LogP) is 12.1. The van der Waals surface area contributed by atoms with Crippen molar-refractivity contribution >= 4 is 23.5 Å². The Kier molecular flexibility index (Phi) is 19.2. The third-order valence-corrected chi connectivity index (χ3v) is 10.9. The van der Waals surface area contributed by atoms with E-state index >= 15 is 0 Å². The number of hydrogen-bond acceptors (Lipinski definition) is 11. The molecule has 0 saturated carbocycles. The minimum atomic E-state index is -1.02. The number of rotatable bonds is 23. The molecule has 68 heavy (non-hydrogen) atoms. The summed E-state index contributed by atoms with van der Waals surface area (Å²) in [4.78, 5) is 54.7. The molecule has 13 heteroatoms. The Balaban J connectivity index is 0.000000255. The van der Waals surface area contributed by atoms with Crippen LogP contribution >= 0.6 is 0 Å². The lowest BCUT2D eigenvalue weighted by molar-refractivity contribution is -0.140. The highest BCUT2D eigenvalue weighted by molar-refractivity contribution is 5.97. The number of aliphatic carboxylic acids is 2. The van der Waals surface area contributed by atoms with Crippen LogP contribution in [0.3, 0.4) is 0 Å². The summed E-state index contributed by atoms with van der Waals surface area (Å²) in [5, 5.41) is 17.7. The largest absolute Gasteiger partial charge is 0.496 e. The fourth-order valence-electron chi connectivity index (χ4n) is 7.24. The van der Waals surface area contributed by atoms with Crippen molar-refractivity contribution in [1.82, 2.24) is 9.97 Å². The van der Waals surface area contributed by atoms with Gasteiger partial charge in [-0.1, -0.05) is 69.2 Å². The normalized spacial score (nSPS) is 11.6. The van der Waals surface area contributed by atoms with Gasteiger partial charge >= 0.3 is 11.9 Å². The van der Waals surface area contributed by atoms with Crippen molar-refractivity contribution in [3.8, 4) is 51.3 Å². The molecule has 4 aromatic carbocycles. The molecule has 2 heterocycles. The minimum absolute atomic E-state index is 0.0333. The highest BCUT2D eigenvalue weighted by Crippen LogP contribution is 2.33. The van der Waals surface area contributed by atoms with E-state index in [1.807, 2.05) is 98.8 Å². The molecule has 0 saturated heterocycles. The SMILES string of the molecule is CCCC[C@@H](Oc1ccc(OCC(=O)O)c(C)c1)c1cccc(-c2ccc(C(C)=O)c(OC)c2)n1.CCCC[C@@H](Oc1ccc(OCC(=O)O)c(C)c1)c1cccc(-c2ccc(C(C)=O)cc2)n1. The lowest BCUT2D eigenvalue weighted by Gasteiger charge is -2.20. The van der Waals surface area contributed by atoms with E-state index in [0.717, 1.165) is 83.6 Å². The zero-order chi connectivity index (χ0) is 49.2. The second kappa shape index (κ2) is 25.4. The summed E-state index contributed by atoms with van der Waals surface area (Å²) in [7, 11) is 1.55. The van der Waals surface area contributed by atoms with Crippen LogP contribution in [0, 0.1) is 13.8 Å². The molecule has 0 aliphatic rings. The van der Waals surface area contributed by atoms with Crippen molar-refractivity contribution in [2.45, 2.75) is 92.3 Å². The molecule has 0 fully saturated rings. The Morgan fingerprint density at radius 2 is 1.03 bits per heavy atom. The van der Waals surface area contributed by atoms with Gasteiger partial charge in [0.05, 0.1) is 35.4 Å². The topological polar surface area (TPSA) is 181 Å². The van der Waals surface area contributed by atoms with Crippen molar-refractivity contribution in [2.24, 2.45) is 0 Å². The molecule has 0 spiro atoms. The maximum Gasteiger partial charge on any atom is 0.341 e. The van der Waals surface area contributed by atoms with Crippen molar-refractivity contribution in [3.05, 3.63) is 149 Å². The summed E-state index contributed by atoms with van der Waals surface area (Å²) in [5.74, 6) is 0.808. The van der Waals surface area contributed by atoms with Crippen molar-refractivity contribution in [2.75, 3.05) is 20.3 Å². The number of methoxy groups -OCH3 is 1. The summed E-state index contributed by atoms with van der Waals surface area (Å²) >= 11 is 0. The van der Waals surface area contributed by atoms with E-state index in [4.69, 9.17) is 43.9 Å². The number of carboxylic acid groups (broad SMARTS) is 2. The van der Waals surface area contributed by atoms with Crippen molar-refractivity contribution in [3.63, 3.8) is 0 Å². The number of hydrogen-bond donors (Lipinski definition) is 2. The average molecular weight is 925 g/mol. The smallest absolute Gasteiger partial charge is 0.341 e. The number of unbranched alkanes of at least 4 members (excludes halogenated alkanes) is 2. The van der Waals surface area contributed by atoms with Crippen LogP contribution in [0.5, 0.6) is 28.7 Å². The predicted molar refractivity (Wildman–Crippen MR) is 260 cm³/mol. The number of ketones is 2. The minimum Gasteiger partial charge on any atom is -0.496 e. The number of Topliss-reactive ketones (excluding diaryl/α,β-unsaturated/α-hetero) is 2. The van der Waals surface area contributed by atoms with Gasteiger partial charge in [-0.3, -0.25) is 9.59 Å².